The summed E-state index contributed by atoms with van der Waals surface area (Å²) in [6.45, 7) is 3.32. The van der Waals surface area contributed by atoms with Crippen LogP contribution in [0.4, 0.5) is 0 Å². The van der Waals surface area contributed by atoms with Crippen molar-refractivity contribution in [2.24, 2.45) is 5.92 Å². The summed E-state index contributed by atoms with van der Waals surface area (Å²) >= 11 is 5.81. The van der Waals surface area contributed by atoms with Crippen molar-refractivity contribution < 1.29 is 9.53 Å². The SMILES string of the molecule is O=C(NC1CC2CCN(C2)C1)c1ccc(Oc2ccc(Cl)cn2)cc1. The summed E-state index contributed by atoms with van der Waals surface area (Å²) in [5, 5.41) is 3.72. The van der Waals surface area contributed by atoms with Gasteiger partial charge in [0.1, 0.15) is 5.75 Å². The summed E-state index contributed by atoms with van der Waals surface area (Å²) in [6, 6.07) is 10.8. The molecule has 1 aromatic carbocycles. The largest absolute Gasteiger partial charge is 0.439 e. The van der Waals surface area contributed by atoms with Crippen molar-refractivity contribution in [1.82, 2.24) is 15.2 Å². The zero-order chi connectivity index (χ0) is 17.2. The molecule has 0 radical (unpaired) electrons. The Morgan fingerprint density at radius 3 is 2.76 bits per heavy atom. The predicted molar refractivity (Wildman–Crippen MR) is 96.2 cm³/mol. The third-order valence-corrected chi connectivity index (χ3v) is 5.06. The minimum atomic E-state index is -0.0244. The normalized spacial score (nSPS) is 24.8. The fraction of sp³-hybridized carbons (Fsp3) is 0.368. The molecular formula is C19H20ClN3O2. The third-order valence-electron chi connectivity index (χ3n) is 4.84. The molecule has 2 fully saturated rings. The van der Waals surface area contributed by atoms with Gasteiger partial charge >= 0.3 is 0 Å². The number of fused-ring (bicyclic) bond motifs is 2. The van der Waals surface area contributed by atoms with Gasteiger partial charge in [-0.1, -0.05) is 11.6 Å². The van der Waals surface area contributed by atoms with E-state index < -0.39 is 0 Å². The Morgan fingerprint density at radius 2 is 2.04 bits per heavy atom. The van der Waals surface area contributed by atoms with Crippen LogP contribution < -0.4 is 10.1 Å². The molecule has 1 N–H and O–H groups in total. The van der Waals surface area contributed by atoms with Crippen molar-refractivity contribution in [3.05, 3.63) is 53.2 Å². The van der Waals surface area contributed by atoms with E-state index in [-0.39, 0.29) is 11.9 Å². The molecule has 5 nitrogen and oxygen atoms in total. The maximum atomic E-state index is 12.5. The molecule has 3 atom stereocenters. The van der Waals surface area contributed by atoms with Crippen LogP contribution in [-0.4, -0.2) is 41.5 Å². The molecule has 2 bridgehead atoms. The van der Waals surface area contributed by atoms with Gasteiger partial charge < -0.3 is 15.0 Å². The lowest BCUT2D eigenvalue weighted by Gasteiger charge is -2.30. The van der Waals surface area contributed by atoms with Gasteiger partial charge in [-0.05, 0) is 55.6 Å². The number of hydrogen-bond donors (Lipinski definition) is 1. The predicted octanol–water partition coefficient (Wildman–Crippen LogP) is 3.35. The number of carbonyl (C=O) groups is 1. The highest BCUT2D eigenvalue weighted by molar-refractivity contribution is 6.30. The number of rotatable bonds is 4. The van der Waals surface area contributed by atoms with Gasteiger partial charge in [0.2, 0.25) is 5.88 Å². The van der Waals surface area contributed by atoms with Crippen LogP contribution in [0.1, 0.15) is 23.2 Å². The monoisotopic (exact) mass is 357 g/mol. The van der Waals surface area contributed by atoms with Crippen LogP contribution in [0, 0.1) is 5.92 Å². The summed E-state index contributed by atoms with van der Waals surface area (Å²) in [7, 11) is 0. The van der Waals surface area contributed by atoms with Gasteiger partial charge in [-0.15, -0.1) is 0 Å². The van der Waals surface area contributed by atoms with Gasteiger partial charge in [0.15, 0.2) is 0 Å². The first-order valence-corrected chi connectivity index (χ1v) is 8.96. The van der Waals surface area contributed by atoms with E-state index in [2.05, 4.69) is 15.2 Å². The Hall–Kier alpha value is -2.11. The van der Waals surface area contributed by atoms with Crippen molar-refractivity contribution in [2.75, 3.05) is 19.6 Å². The topological polar surface area (TPSA) is 54.5 Å². The van der Waals surface area contributed by atoms with Crippen LogP contribution in [0.3, 0.4) is 0 Å². The highest BCUT2D eigenvalue weighted by Crippen LogP contribution is 2.27. The minimum Gasteiger partial charge on any atom is -0.439 e. The summed E-state index contributed by atoms with van der Waals surface area (Å²) in [5.74, 6) is 1.81. The molecule has 3 unspecified atom stereocenters. The quantitative estimate of drug-likeness (QED) is 0.911. The molecule has 1 aromatic heterocycles. The van der Waals surface area contributed by atoms with E-state index in [0.29, 0.717) is 22.2 Å². The lowest BCUT2D eigenvalue weighted by atomic mass is 9.96. The van der Waals surface area contributed by atoms with Gasteiger partial charge in [0.25, 0.3) is 5.91 Å². The molecule has 25 heavy (non-hydrogen) atoms. The Morgan fingerprint density at radius 1 is 1.20 bits per heavy atom. The molecular weight excluding hydrogens is 338 g/mol. The van der Waals surface area contributed by atoms with Crippen molar-refractivity contribution in [2.45, 2.75) is 18.9 Å². The van der Waals surface area contributed by atoms with Crippen LogP contribution in [0.15, 0.2) is 42.6 Å². The zero-order valence-corrected chi connectivity index (χ0v) is 14.6. The third kappa shape index (κ3) is 3.94. The highest BCUT2D eigenvalue weighted by atomic mass is 35.5. The maximum absolute atomic E-state index is 12.5. The first-order chi connectivity index (χ1) is 12.2. The fourth-order valence-electron chi connectivity index (χ4n) is 3.65. The summed E-state index contributed by atoms with van der Waals surface area (Å²) in [5.41, 5.74) is 0.643. The van der Waals surface area contributed by atoms with Gasteiger partial charge in [0, 0.05) is 37.0 Å². The van der Waals surface area contributed by atoms with E-state index in [1.807, 2.05) is 0 Å². The minimum absolute atomic E-state index is 0.0244. The van der Waals surface area contributed by atoms with Gasteiger partial charge in [0.05, 0.1) is 5.02 Å². The van der Waals surface area contributed by atoms with E-state index in [4.69, 9.17) is 16.3 Å². The molecule has 2 aliphatic rings. The number of amides is 1. The second-order valence-electron chi connectivity index (χ2n) is 6.76. The molecule has 2 saturated heterocycles. The summed E-state index contributed by atoms with van der Waals surface area (Å²) in [4.78, 5) is 19.0. The van der Waals surface area contributed by atoms with Crippen LogP contribution >= 0.6 is 11.6 Å². The Bertz CT molecular complexity index is 736. The molecule has 4 rings (SSSR count). The standard InChI is InChI=1S/C19H20ClN3O2/c20-15-3-6-18(21-10-15)25-17-4-1-14(2-5-17)19(24)22-16-9-13-7-8-23(11-13)12-16/h1-6,10,13,16H,7-9,11-12H2,(H,22,24). The van der Waals surface area contributed by atoms with E-state index in [9.17, 15) is 4.79 Å². The van der Waals surface area contributed by atoms with Gasteiger partial charge in [-0.25, -0.2) is 4.98 Å². The number of nitrogens with zero attached hydrogens (tertiary/aromatic N) is 2. The lowest BCUT2D eigenvalue weighted by molar-refractivity contribution is 0.0909. The number of ether oxygens (including phenoxy) is 1. The summed E-state index contributed by atoms with van der Waals surface area (Å²) in [6.07, 6.45) is 3.88. The van der Waals surface area contributed by atoms with Crippen LogP contribution in [0.5, 0.6) is 11.6 Å². The Labute approximate surface area is 152 Å². The number of nitrogens with one attached hydrogen (secondary N) is 1. The number of pyridine rings is 1. The first-order valence-electron chi connectivity index (χ1n) is 8.58. The number of benzene rings is 1. The van der Waals surface area contributed by atoms with E-state index in [1.165, 1.54) is 25.7 Å². The summed E-state index contributed by atoms with van der Waals surface area (Å²) < 4.78 is 5.65. The van der Waals surface area contributed by atoms with E-state index >= 15 is 0 Å². The molecule has 0 aliphatic carbocycles. The Balaban J connectivity index is 1.36. The second-order valence-corrected chi connectivity index (χ2v) is 7.20. The zero-order valence-electron chi connectivity index (χ0n) is 13.8. The molecule has 2 aliphatic heterocycles. The first kappa shape index (κ1) is 16.4. The maximum Gasteiger partial charge on any atom is 0.251 e. The molecule has 6 heteroatoms. The number of hydrogen-bond acceptors (Lipinski definition) is 4. The van der Waals surface area contributed by atoms with Crippen LogP contribution in [-0.2, 0) is 0 Å². The molecule has 2 aromatic rings. The van der Waals surface area contributed by atoms with Crippen LogP contribution in [0.2, 0.25) is 5.02 Å². The number of halogens is 1. The van der Waals surface area contributed by atoms with Crippen molar-refractivity contribution in [3.63, 3.8) is 0 Å². The van der Waals surface area contributed by atoms with Gasteiger partial charge in [-0.3, -0.25) is 4.79 Å². The lowest BCUT2D eigenvalue weighted by Crippen LogP contribution is -2.46. The van der Waals surface area contributed by atoms with Gasteiger partial charge in [-0.2, -0.15) is 0 Å². The average Bonchev–Trinajstić information content (AvgIpc) is 2.96. The highest BCUT2D eigenvalue weighted by Gasteiger charge is 2.32. The van der Waals surface area contributed by atoms with Crippen molar-refractivity contribution >= 4 is 17.5 Å². The second kappa shape index (κ2) is 7.02. The van der Waals surface area contributed by atoms with E-state index in [1.54, 1.807) is 36.4 Å². The molecule has 0 spiro atoms. The Kier molecular flexibility index (Phi) is 4.59. The smallest absolute Gasteiger partial charge is 0.251 e. The molecule has 130 valence electrons. The number of piperidine rings is 1. The number of aromatic nitrogens is 1. The fourth-order valence-corrected chi connectivity index (χ4v) is 3.76. The van der Waals surface area contributed by atoms with Crippen LogP contribution in [0.25, 0.3) is 0 Å². The molecule has 3 heterocycles. The molecule has 0 saturated carbocycles. The van der Waals surface area contributed by atoms with E-state index in [0.717, 1.165) is 18.9 Å². The van der Waals surface area contributed by atoms with Crippen molar-refractivity contribution in [1.29, 1.82) is 0 Å². The molecule has 1 amide bonds. The average molecular weight is 358 g/mol. The number of carbonyl (C=O) groups excluding carboxylic acids is 1. The van der Waals surface area contributed by atoms with Crippen molar-refractivity contribution in [3.8, 4) is 11.6 Å².